The molecule has 2 heterocycles. The van der Waals surface area contributed by atoms with Crippen LogP contribution in [-0.4, -0.2) is 41.9 Å². The zero-order valence-corrected chi connectivity index (χ0v) is 13.5. The summed E-state index contributed by atoms with van der Waals surface area (Å²) in [4.78, 5) is 25.8. The van der Waals surface area contributed by atoms with Crippen LogP contribution < -0.4 is 10.6 Å². The van der Waals surface area contributed by atoms with Crippen molar-refractivity contribution in [2.75, 3.05) is 18.4 Å². The van der Waals surface area contributed by atoms with Gasteiger partial charge in [0.1, 0.15) is 0 Å². The first-order valence-corrected chi connectivity index (χ1v) is 7.56. The quantitative estimate of drug-likeness (QED) is 0.875. The Morgan fingerprint density at radius 1 is 1.14 bits per heavy atom. The van der Waals surface area contributed by atoms with Gasteiger partial charge >= 0.3 is 0 Å². The Morgan fingerprint density at radius 2 is 1.82 bits per heavy atom. The topological polar surface area (TPSA) is 61.4 Å². The Bertz CT molecular complexity index is 533. The Kier molecular flexibility index (Phi) is 5.42. The van der Waals surface area contributed by atoms with E-state index in [1.807, 2.05) is 0 Å². The molecule has 1 aromatic carbocycles. The highest BCUT2D eigenvalue weighted by atomic mass is 35.5. The van der Waals surface area contributed by atoms with Gasteiger partial charge in [0.2, 0.25) is 5.91 Å². The van der Waals surface area contributed by atoms with Gasteiger partial charge < -0.3 is 15.5 Å². The first-order chi connectivity index (χ1) is 10.1. The SMILES string of the molecule is CC(=O)Nc1ccc(C(=O)N2C3CCNCC2CC3)cc1.Cl. The van der Waals surface area contributed by atoms with Crippen LogP contribution in [0.3, 0.4) is 0 Å². The molecule has 0 radical (unpaired) electrons. The maximum Gasteiger partial charge on any atom is 0.254 e. The number of hydrogen-bond donors (Lipinski definition) is 2. The van der Waals surface area contributed by atoms with Crippen LogP contribution in [0.15, 0.2) is 24.3 Å². The van der Waals surface area contributed by atoms with Crippen LogP contribution >= 0.6 is 12.4 Å². The van der Waals surface area contributed by atoms with Gasteiger partial charge in [0.05, 0.1) is 0 Å². The number of nitrogens with zero attached hydrogens (tertiary/aromatic N) is 1. The van der Waals surface area contributed by atoms with Crippen LogP contribution in [0, 0.1) is 0 Å². The van der Waals surface area contributed by atoms with E-state index in [0.717, 1.165) is 38.0 Å². The maximum absolute atomic E-state index is 12.8. The number of hydrogen-bond acceptors (Lipinski definition) is 3. The second-order valence-electron chi connectivity index (χ2n) is 5.85. The maximum atomic E-state index is 12.8. The lowest BCUT2D eigenvalue weighted by Gasteiger charge is -2.28. The lowest BCUT2D eigenvalue weighted by Crippen LogP contribution is -2.42. The molecule has 0 saturated carbocycles. The number of nitrogens with one attached hydrogen (secondary N) is 2. The van der Waals surface area contributed by atoms with Gasteiger partial charge in [-0.25, -0.2) is 0 Å². The summed E-state index contributed by atoms with van der Waals surface area (Å²) in [5, 5.41) is 6.12. The minimum atomic E-state index is -0.106. The van der Waals surface area contributed by atoms with Gasteiger partial charge in [-0.3, -0.25) is 9.59 Å². The van der Waals surface area contributed by atoms with E-state index in [9.17, 15) is 9.59 Å². The predicted octanol–water partition coefficient (Wildman–Crippen LogP) is 2.03. The molecule has 2 bridgehead atoms. The smallest absolute Gasteiger partial charge is 0.254 e. The Morgan fingerprint density at radius 3 is 2.50 bits per heavy atom. The van der Waals surface area contributed by atoms with E-state index in [1.54, 1.807) is 24.3 Å². The second kappa shape index (κ2) is 7.11. The van der Waals surface area contributed by atoms with Crippen LogP contribution in [0.2, 0.25) is 0 Å². The molecule has 2 N–H and O–H groups in total. The first-order valence-electron chi connectivity index (χ1n) is 7.56. The minimum absolute atomic E-state index is 0. The number of benzene rings is 1. The molecular formula is C16H22ClN3O2. The van der Waals surface area contributed by atoms with E-state index >= 15 is 0 Å². The molecule has 2 unspecified atom stereocenters. The lowest BCUT2D eigenvalue weighted by molar-refractivity contribution is -0.114. The van der Waals surface area contributed by atoms with E-state index in [0.29, 0.717) is 17.6 Å². The second-order valence-corrected chi connectivity index (χ2v) is 5.85. The standard InChI is InChI=1S/C16H21N3O2.ClH/c1-11(20)18-13-4-2-12(3-5-13)16(21)19-14-6-7-15(19)10-17-9-8-14;/h2-5,14-15,17H,6-10H2,1H3,(H,18,20);1H. The molecule has 22 heavy (non-hydrogen) atoms. The Hall–Kier alpha value is -1.59. The average molecular weight is 324 g/mol. The third-order valence-electron chi connectivity index (χ3n) is 4.34. The molecule has 2 saturated heterocycles. The molecule has 0 aromatic heterocycles. The van der Waals surface area contributed by atoms with Crippen molar-refractivity contribution < 1.29 is 9.59 Å². The molecular weight excluding hydrogens is 302 g/mol. The summed E-state index contributed by atoms with van der Waals surface area (Å²) >= 11 is 0. The largest absolute Gasteiger partial charge is 0.331 e. The molecule has 5 nitrogen and oxygen atoms in total. The van der Waals surface area contributed by atoms with Gasteiger partial charge in [-0.15, -0.1) is 12.4 Å². The van der Waals surface area contributed by atoms with Crippen molar-refractivity contribution in [1.82, 2.24) is 10.2 Å². The zero-order valence-electron chi connectivity index (χ0n) is 12.7. The van der Waals surface area contributed by atoms with E-state index < -0.39 is 0 Å². The number of fused-ring (bicyclic) bond motifs is 2. The van der Waals surface area contributed by atoms with Crippen molar-refractivity contribution in [1.29, 1.82) is 0 Å². The van der Waals surface area contributed by atoms with Gasteiger partial charge in [-0.05, 0) is 50.1 Å². The van der Waals surface area contributed by atoms with Crippen LogP contribution in [0.1, 0.15) is 36.5 Å². The van der Waals surface area contributed by atoms with Gasteiger partial charge in [0.25, 0.3) is 5.91 Å². The fourth-order valence-electron chi connectivity index (χ4n) is 3.36. The van der Waals surface area contributed by atoms with Gasteiger partial charge in [-0.1, -0.05) is 0 Å². The molecule has 3 rings (SSSR count). The summed E-state index contributed by atoms with van der Waals surface area (Å²) in [6.07, 6.45) is 3.24. The van der Waals surface area contributed by atoms with Gasteiger partial charge in [0.15, 0.2) is 0 Å². The Labute approximate surface area is 136 Å². The van der Waals surface area contributed by atoms with Crippen LogP contribution in [0.5, 0.6) is 0 Å². The van der Waals surface area contributed by atoms with Crippen molar-refractivity contribution in [2.45, 2.75) is 38.3 Å². The van der Waals surface area contributed by atoms with Crippen molar-refractivity contribution in [3.05, 3.63) is 29.8 Å². The zero-order chi connectivity index (χ0) is 14.8. The monoisotopic (exact) mass is 323 g/mol. The molecule has 1 aromatic rings. The highest BCUT2D eigenvalue weighted by Gasteiger charge is 2.38. The van der Waals surface area contributed by atoms with E-state index in [2.05, 4.69) is 15.5 Å². The van der Waals surface area contributed by atoms with Crippen LogP contribution in [0.4, 0.5) is 5.69 Å². The van der Waals surface area contributed by atoms with E-state index in [1.165, 1.54) is 6.92 Å². The molecule has 2 aliphatic heterocycles. The number of carbonyl (C=O) groups excluding carboxylic acids is 2. The van der Waals surface area contributed by atoms with Crippen molar-refractivity contribution in [3.63, 3.8) is 0 Å². The third kappa shape index (κ3) is 3.42. The molecule has 2 amide bonds. The van der Waals surface area contributed by atoms with E-state index in [4.69, 9.17) is 0 Å². The number of carbonyl (C=O) groups is 2. The Balaban J connectivity index is 0.00000176. The number of amides is 2. The first kappa shape index (κ1) is 16.8. The number of anilines is 1. The normalized spacial score (nSPS) is 23.4. The summed E-state index contributed by atoms with van der Waals surface area (Å²) in [5.41, 5.74) is 1.42. The average Bonchev–Trinajstić information content (AvgIpc) is 2.71. The summed E-state index contributed by atoms with van der Waals surface area (Å²) in [5.74, 6) is 0.00582. The van der Waals surface area contributed by atoms with Gasteiger partial charge in [0, 0.05) is 36.8 Å². The molecule has 2 fully saturated rings. The highest BCUT2D eigenvalue weighted by Crippen LogP contribution is 2.29. The van der Waals surface area contributed by atoms with E-state index in [-0.39, 0.29) is 24.2 Å². The highest BCUT2D eigenvalue weighted by molar-refractivity contribution is 5.96. The summed E-state index contributed by atoms with van der Waals surface area (Å²) in [7, 11) is 0. The van der Waals surface area contributed by atoms with Crippen LogP contribution in [-0.2, 0) is 4.79 Å². The summed E-state index contributed by atoms with van der Waals surface area (Å²) in [6.45, 7) is 3.36. The van der Waals surface area contributed by atoms with Crippen molar-refractivity contribution >= 4 is 29.9 Å². The van der Waals surface area contributed by atoms with Gasteiger partial charge in [-0.2, -0.15) is 0 Å². The summed E-state index contributed by atoms with van der Waals surface area (Å²) < 4.78 is 0. The fourth-order valence-corrected chi connectivity index (χ4v) is 3.36. The molecule has 0 aliphatic carbocycles. The lowest BCUT2D eigenvalue weighted by atomic mass is 10.1. The van der Waals surface area contributed by atoms with Crippen molar-refractivity contribution in [2.24, 2.45) is 0 Å². The predicted molar refractivity (Wildman–Crippen MR) is 88.5 cm³/mol. The molecule has 2 aliphatic rings. The third-order valence-corrected chi connectivity index (χ3v) is 4.34. The van der Waals surface area contributed by atoms with Crippen molar-refractivity contribution in [3.8, 4) is 0 Å². The molecule has 120 valence electrons. The fraction of sp³-hybridized carbons (Fsp3) is 0.500. The number of halogens is 1. The molecule has 0 spiro atoms. The van der Waals surface area contributed by atoms with Crippen LogP contribution in [0.25, 0.3) is 0 Å². The molecule has 2 atom stereocenters. The summed E-state index contributed by atoms with van der Waals surface area (Å²) in [6, 6.07) is 7.85. The number of rotatable bonds is 2. The molecule has 6 heteroatoms. The minimum Gasteiger partial charge on any atom is -0.331 e.